The first kappa shape index (κ1) is 15.0. The van der Waals surface area contributed by atoms with Crippen molar-refractivity contribution in [2.75, 3.05) is 33.4 Å². The van der Waals surface area contributed by atoms with Gasteiger partial charge in [0.2, 0.25) is 0 Å². The second-order valence-corrected chi connectivity index (χ2v) is 6.43. The minimum absolute atomic E-state index is 0.378. The SMILES string of the molecule is CN(CC1(O)CCOCC1)C1CCNCc2ccccc21. The zero-order valence-electron chi connectivity index (χ0n) is 12.8. The summed E-state index contributed by atoms with van der Waals surface area (Å²) in [6.45, 7) is 4.03. The van der Waals surface area contributed by atoms with Crippen molar-refractivity contribution < 1.29 is 9.84 Å². The lowest BCUT2D eigenvalue weighted by atomic mass is 9.91. The summed E-state index contributed by atoms with van der Waals surface area (Å²) in [5.74, 6) is 0. The number of benzene rings is 1. The first-order valence-corrected chi connectivity index (χ1v) is 7.97. The number of nitrogens with zero attached hydrogens (tertiary/aromatic N) is 1. The Morgan fingerprint density at radius 3 is 2.90 bits per heavy atom. The Balaban J connectivity index is 1.76. The highest BCUT2D eigenvalue weighted by molar-refractivity contribution is 5.31. The van der Waals surface area contributed by atoms with Crippen LogP contribution in [0.1, 0.15) is 36.4 Å². The molecule has 116 valence electrons. The van der Waals surface area contributed by atoms with Crippen molar-refractivity contribution in [2.24, 2.45) is 0 Å². The van der Waals surface area contributed by atoms with Gasteiger partial charge < -0.3 is 15.2 Å². The van der Waals surface area contributed by atoms with Crippen LogP contribution >= 0.6 is 0 Å². The monoisotopic (exact) mass is 290 g/mol. The van der Waals surface area contributed by atoms with Gasteiger partial charge in [0.15, 0.2) is 0 Å². The molecule has 3 rings (SSSR count). The smallest absolute Gasteiger partial charge is 0.0818 e. The number of nitrogens with one attached hydrogen (secondary N) is 1. The number of hydrogen-bond donors (Lipinski definition) is 2. The first-order valence-electron chi connectivity index (χ1n) is 7.97. The number of fused-ring (bicyclic) bond motifs is 1. The molecular weight excluding hydrogens is 264 g/mol. The molecule has 0 saturated carbocycles. The highest BCUT2D eigenvalue weighted by atomic mass is 16.5. The van der Waals surface area contributed by atoms with Crippen LogP contribution in [0.25, 0.3) is 0 Å². The molecule has 0 amide bonds. The van der Waals surface area contributed by atoms with Crippen LogP contribution in [0.3, 0.4) is 0 Å². The fourth-order valence-corrected chi connectivity index (χ4v) is 3.58. The molecule has 0 spiro atoms. The molecule has 1 aromatic carbocycles. The molecule has 1 unspecified atom stereocenters. The molecule has 1 fully saturated rings. The van der Waals surface area contributed by atoms with Crippen molar-refractivity contribution >= 4 is 0 Å². The van der Waals surface area contributed by atoms with Crippen molar-refractivity contribution in [3.8, 4) is 0 Å². The average molecular weight is 290 g/mol. The summed E-state index contributed by atoms with van der Waals surface area (Å²) in [5.41, 5.74) is 2.19. The van der Waals surface area contributed by atoms with Gasteiger partial charge in [-0.2, -0.15) is 0 Å². The van der Waals surface area contributed by atoms with E-state index in [1.807, 2.05) is 0 Å². The van der Waals surface area contributed by atoms with Gasteiger partial charge in [0.1, 0.15) is 0 Å². The Hall–Kier alpha value is -0.940. The maximum atomic E-state index is 10.8. The fourth-order valence-electron chi connectivity index (χ4n) is 3.58. The van der Waals surface area contributed by atoms with Crippen molar-refractivity contribution in [1.29, 1.82) is 0 Å². The Kier molecular flexibility index (Phi) is 4.60. The minimum Gasteiger partial charge on any atom is -0.388 e. The Labute approximate surface area is 127 Å². The second-order valence-electron chi connectivity index (χ2n) is 6.43. The number of ether oxygens (including phenoxy) is 1. The predicted octanol–water partition coefficient (Wildman–Crippen LogP) is 1.69. The largest absolute Gasteiger partial charge is 0.388 e. The highest BCUT2D eigenvalue weighted by Crippen LogP contribution is 2.31. The molecule has 1 aromatic rings. The molecule has 2 heterocycles. The van der Waals surface area contributed by atoms with Crippen LogP contribution < -0.4 is 5.32 Å². The standard InChI is InChI=1S/C17H26N2O2/c1-19(13-17(20)7-10-21-11-8-17)16-6-9-18-12-14-4-2-3-5-15(14)16/h2-5,16,18,20H,6-13H2,1H3. The number of rotatable bonds is 3. The van der Waals surface area contributed by atoms with Gasteiger partial charge in [-0.3, -0.25) is 4.90 Å². The van der Waals surface area contributed by atoms with Crippen molar-refractivity contribution in [3.63, 3.8) is 0 Å². The van der Waals surface area contributed by atoms with Crippen molar-refractivity contribution in [2.45, 2.75) is 37.5 Å². The van der Waals surface area contributed by atoms with Crippen molar-refractivity contribution in [3.05, 3.63) is 35.4 Å². The molecular formula is C17H26N2O2. The van der Waals surface area contributed by atoms with E-state index >= 15 is 0 Å². The molecule has 0 aromatic heterocycles. The topological polar surface area (TPSA) is 44.7 Å². The lowest BCUT2D eigenvalue weighted by molar-refractivity contribution is -0.0819. The Bertz CT molecular complexity index is 472. The fraction of sp³-hybridized carbons (Fsp3) is 0.647. The van der Waals surface area contributed by atoms with Crippen LogP contribution in [0.15, 0.2) is 24.3 Å². The van der Waals surface area contributed by atoms with Crippen LogP contribution in [-0.2, 0) is 11.3 Å². The zero-order chi connectivity index (χ0) is 14.7. The summed E-state index contributed by atoms with van der Waals surface area (Å²) in [7, 11) is 2.14. The molecule has 1 saturated heterocycles. The summed E-state index contributed by atoms with van der Waals surface area (Å²) in [6.07, 6.45) is 2.56. The minimum atomic E-state index is -0.596. The van der Waals surface area contributed by atoms with E-state index < -0.39 is 5.60 Å². The highest BCUT2D eigenvalue weighted by Gasteiger charge is 2.33. The summed E-state index contributed by atoms with van der Waals surface area (Å²) in [5, 5.41) is 14.2. The normalized spacial score (nSPS) is 25.4. The van der Waals surface area contributed by atoms with Crippen LogP contribution in [0.4, 0.5) is 0 Å². The van der Waals surface area contributed by atoms with E-state index in [-0.39, 0.29) is 0 Å². The Morgan fingerprint density at radius 2 is 2.10 bits per heavy atom. The molecule has 4 heteroatoms. The summed E-state index contributed by atoms with van der Waals surface area (Å²) in [4.78, 5) is 2.33. The van der Waals surface area contributed by atoms with E-state index in [4.69, 9.17) is 4.74 Å². The quantitative estimate of drug-likeness (QED) is 0.889. The molecule has 4 nitrogen and oxygen atoms in total. The Morgan fingerprint density at radius 1 is 1.33 bits per heavy atom. The molecule has 0 radical (unpaired) electrons. The van der Waals surface area contributed by atoms with Gasteiger partial charge in [-0.05, 0) is 31.1 Å². The van der Waals surface area contributed by atoms with Gasteiger partial charge in [-0.1, -0.05) is 24.3 Å². The van der Waals surface area contributed by atoms with Gasteiger partial charge in [0.25, 0.3) is 0 Å². The van der Waals surface area contributed by atoms with E-state index in [2.05, 4.69) is 41.5 Å². The van der Waals surface area contributed by atoms with E-state index in [1.54, 1.807) is 0 Å². The third kappa shape index (κ3) is 3.46. The van der Waals surface area contributed by atoms with Gasteiger partial charge in [0, 0.05) is 45.2 Å². The number of aliphatic hydroxyl groups is 1. The third-order valence-corrected chi connectivity index (χ3v) is 4.82. The predicted molar refractivity (Wildman–Crippen MR) is 83.1 cm³/mol. The van der Waals surface area contributed by atoms with E-state index in [0.717, 1.165) is 38.9 Å². The van der Waals surface area contributed by atoms with Crippen LogP contribution in [0.5, 0.6) is 0 Å². The molecule has 2 aliphatic heterocycles. The van der Waals surface area contributed by atoms with Crippen LogP contribution in [-0.4, -0.2) is 49.0 Å². The van der Waals surface area contributed by atoms with Crippen LogP contribution in [0, 0.1) is 0 Å². The lowest BCUT2D eigenvalue weighted by Crippen LogP contribution is -2.46. The average Bonchev–Trinajstić information content (AvgIpc) is 2.70. The summed E-state index contributed by atoms with van der Waals surface area (Å²) in [6, 6.07) is 9.04. The van der Waals surface area contributed by atoms with Gasteiger partial charge >= 0.3 is 0 Å². The van der Waals surface area contributed by atoms with E-state index in [0.29, 0.717) is 19.3 Å². The molecule has 2 aliphatic rings. The summed E-state index contributed by atoms with van der Waals surface area (Å²) < 4.78 is 5.38. The van der Waals surface area contributed by atoms with E-state index in [1.165, 1.54) is 11.1 Å². The lowest BCUT2D eigenvalue weighted by Gasteiger charge is -2.38. The first-order chi connectivity index (χ1) is 10.2. The summed E-state index contributed by atoms with van der Waals surface area (Å²) >= 11 is 0. The molecule has 0 bridgehead atoms. The number of likely N-dealkylation sites (N-methyl/N-ethyl adjacent to an activating group) is 1. The van der Waals surface area contributed by atoms with Crippen LogP contribution in [0.2, 0.25) is 0 Å². The van der Waals surface area contributed by atoms with Gasteiger partial charge in [0.05, 0.1) is 5.60 Å². The molecule has 2 N–H and O–H groups in total. The van der Waals surface area contributed by atoms with Gasteiger partial charge in [-0.25, -0.2) is 0 Å². The van der Waals surface area contributed by atoms with E-state index in [9.17, 15) is 5.11 Å². The zero-order valence-corrected chi connectivity index (χ0v) is 12.8. The molecule has 1 atom stereocenters. The second kappa shape index (κ2) is 6.44. The maximum absolute atomic E-state index is 10.8. The van der Waals surface area contributed by atoms with Gasteiger partial charge in [-0.15, -0.1) is 0 Å². The third-order valence-electron chi connectivity index (χ3n) is 4.82. The molecule has 0 aliphatic carbocycles. The molecule has 21 heavy (non-hydrogen) atoms. The number of hydrogen-bond acceptors (Lipinski definition) is 4. The van der Waals surface area contributed by atoms with Crippen molar-refractivity contribution in [1.82, 2.24) is 10.2 Å². The maximum Gasteiger partial charge on any atom is 0.0818 e.